The molecule has 178 valence electrons. The van der Waals surface area contributed by atoms with Crippen molar-refractivity contribution < 1.29 is 32.6 Å². The van der Waals surface area contributed by atoms with E-state index in [4.69, 9.17) is 49.1 Å². The van der Waals surface area contributed by atoms with Gasteiger partial charge in [0.05, 0.1) is 22.9 Å². The van der Waals surface area contributed by atoms with Crippen LogP contribution in [0.15, 0.2) is 46.2 Å². The molecule has 0 saturated carbocycles. The van der Waals surface area contributed by atoms with Gasteiger partial charge in [0.15, 0.2) is 0 Å². The van der Waals surface area contributed by atoms with Gasteiger partial charge < -0.3 is 19.4 Å². The summed E-state index contributed by atoms with van der Waals surface area (Å²) >= 11 is 17.2. The second-order valence-electron chi connectivity index (χ2n) is 6.95. The van der Waals surface area contributed by atoms with E-state index in [2.05, 4.69) is 10.1 Å². The van der Waals surface area contributed by atoms with Crippen molar-refractivity contribution >= 4 is 40.5 Å². The molecule has 1 N–H and O–H groups in total. The topological polar surface area (TPSA) is 73.2 Å². The highest BCUT2D eigenvalue weighted by atomic mass is 35.5. The molecule has 1 aliphatic rings. The molecule has 1 aliphatic heterocycles. The van der Waals surface area contributed by atoms with Crippen LogP contribution in [-0.4, -0.2) is 35.1 Å². The molecule has 0 saturated heterocycles. The van der Waals surface area contributed by atoms with Crippen LogP contribution < -0.4 is 9.47 Å². The van der Waals surface area contributed by atoms with Crippen LogP contribution >= 0.6 is 34.8 Å². The lowest BCUT2D eigenvalue weighted by molar-refractivity contribution is -0.137. The second-order valence-corrected chi connectivity index (χ2v) is 8.36. The molecule has 0 aliphatic carbocycles. The molecule has 6 nitrogen and oxygen atoms in total. The van der Waals surface area contributed by atoms with Gasteiger partial charge in [-0.25, -0.2) is 4.98 Å². The van der Waals surface area contributed by atoms with Gasteiger partial charge in [0.2, 0.25) is 5.88 Å². The molecular weight excluding hydrogens is 508 g/mol. The summed E-state index contributed by atoms with van der Waals surface area (Å²) in [6.45, 7) is 0.354. The van der Waals surface area contributed by atoms with Gasteiger partial charge in [0, 0.05) is 30.3 Å². The van der Waals surface area contributed by atoms with Crippen molar-refractivity contribution in [1.82, 2.24) is 4.98 Å². The molecule has 0 spiro atoms. The van der Waals surface area contributed by atoms with Gasteiger partial charge in [0.1, 0.15) is 28.7 Å². The molecular formula is C21H18Cl3F3N2O4. The van der Waals surface area contributed by atoms with Crippen molar-refractivity contribution in [2.24, 2.45) is 5.16 Å². The summed E-state index contributed by atoms with van der Waals surface area (Å²) in [6.07, 6.45) is -0.981. The molecule has 1 aromatic carbocycles. The van der Waals surface area contributed by atoms with E-state index >= 15 is 0 Å². The number of alkyl halides is 3. The van der Waals surface area contributed by atoms with Crippen molar-refractivity contribution in [3.8, 4) is 17.4 Å². The number of hydrogen-bond acceptors (Lipinski definition) is 6. The van der Waals surface area contributed by atoms with Gasteiger partial charge in [-0.15, -0.1) is 0 Å². The fourth-order valence-corrected chi connectivity index (χ4v) is 3.28. The molecule has 0 fully saturated rings. The van der Waals surface area contributed by atoms with E-state index in [0.717, 1.165) is 12.3 Å². The fourth-order valence-electron chi connectivity index (χ4n) is 2.94. The maximum atomic E-state index is 12.6. The van der Waals surface area contributed by atoms with Crippen molar-refractivity contribution in [3.05, 3.63) is 57.2 Å². The first-order chi connectivity index (χ1) is 15.6. The van der Waals surface area contributed by atoms with Gasteiger partial charge in [-0.1, -0.05) is 40.0 Å². The zero-order valence-electron chi connectivity index (χ0n) is 16.9. The molecule has 0 amide bonds. The lowest BCUT2D eigenvalue weighted by Crippen LogP contribution is -2.11. The van der Waals surface area contributed by atoms with Gasteiger partial charge >= 0.3 is 6.18 Å². The number of rotatable bonds is 9. The highest BCUT2D eigenvalue weighted by molar-refractivity contribution is 6.55. The van der Waals surface area contributed by atoms with Crippen molar-refractivity contribution in [2.45, 2.75) is 31.5 Å². The summed E-state index contributed by atoms with van der Waals surface area (Å²) in [5.74, 6) is 0.353. The minimum Gasteiger partial charge on any atom is -0.506 e. The minimum absolute atomic E-state index is 0.0644. The van der Waals surface area contributed by atoms with E-state index in [-0.39, 0.29) is 40.5 Å². The number of benzene rings is 1. The van der Waals surface area contributed by atoms with Crippen LogP contribution in [0, 0.1) is 0 Å². The predicted molar refractivity (Wildman–Crippen MR) is 118 cm³/mol. The van der Waals surface area contributed by atoms with Crippen LogP contribution in [0.1, 0.15) is 30.4 Å². The molecule has 0 bridgehead atoms. The summed E-state index contributed by atoms with van der Waals surface area (Å²) in [4.78, 5) is 9.08. The normalized spacial score (nSPS) is 15.6. The SMILES string of the molecule is Oc1c(Cl)cc(OCC=C(Cl)Cl)cc1C1=NOC(CCCOc2ccc(C(F)(F)F)cn2)C1. The van der Waals surface area contributed by atoms with Crippen LogP contribution in [0.4, 0.5) is 13.2 Å². The first kappa shape index (κ1) is 25.3. The highest BCUT2D eigenvalue weighted by Crippen LogP contribution is 2.35. The van der Waals surface area contributed by atoms with Crippen molar-refractivity contribution in [1.29, 1.82) is 0 Å². The second kappa shape index (κ2) is 11.2. The molecule has 12 heteroatoms. The zero-order chi connectivity index (χ0) is 24.0. The summed E-state index contributed by atoms with van der Waals surface area (Å²) in [7, 11) is 0. The average molecular weight is 526 g/mol. The Kier molecular flexibility index (Phi) is 8.56. The molecule has 2 aromatic rings. The Morgan fingerprint density at radius 1 is 1.24 bits per heavy atom. The summed E-state index contributed by atoms with van der Waals surface area (Å²) in [6, 6.07) is 5.13. The lowest BCUT2D eigenvalue weighted by atomic mass is 10.0. The first-order valence-electron chi connectivity index (χ1n) is 9.69. The molecule has 1 aromatic heterocycles. The third-order valence-corrected chi connectivity index (χ3v) is 5.15. The van der Waals surface area contributed by atoms with E-state index in [9.17, 15) is 18.3 Å². The number of aromatic hydroxyl groups is 1. The number of aromatic nitrogens is 1. The largest absolute Gasteiger partial charge is 0.506 e. The Hall–Kier alpha value is -2.36. The van der Waals surface area contributed by atoms with Gasteiger partial charge in [-0.2, -0.15) is 13.2 Å². The standard InChI is InChI=1S/C21H18Cl3F3N2O4/c22-16-9-14(31-7-5-18(23)24)8-15(20(16)30)17-10-13(33-29-17)2-1-6-32-19-4-3-12(11-28-19)21(25,26)27/h3-5,8-9,11,13,30H,1-2,6-7,10H2. The number of ether oxygens (including phenoxy) is 2. The van der Waals surface area contributed by atoms with Crippen LogP contribution in [0.25, 0.3) is 0 Å². The number of pyridine rings is 1. The number of phenols is 1. The third kappa shape index (κ3) is 7.31. The zero-order valence-corrected chi connectivity index (χ0v) is 19.2. The number of nitrogens with zero attached hydrogens (tertiary/aromatic N) is 2. The van der Waals surface area contributed by atoms with Gasteiger partial charge in [-0.05, 0) is 31.1 Å². The average Bonchev–Trinajstić information content (AvgIpc) is 3.22. The molecule has 1 unspecified atom stereocenters. The summed E-state index contributed by atoms with van der Waals surface area (Å²) < 4.78 is 48.6. The van der Waals surface area contributed by atoms with E-state index in [1.165, 1.54) is 18.2 Å². The predicted octanol–water partition coefficient (Wildman–Crippen LogP) is 6.51. The first-order valence-corrected chi connectivity index (χ1v) is 10.8. The molecule has 0 radical (unpaired) electrons. The quantitative estimate of drug-likeness (QED) is 0.378. The molecule has 3 rings (SSSR count). The fraction of sp³-hybridized carbons (Fsp3) is 0.333. The van der Waals surface area contributed by atoms with E-state index in [1.54, 1.807) is 6.07 Å². The number of halogens is 6. The Balaban J connectivity index is 1.49. The maximum absolute atomic E-state index is 12.6. The van der Waals surface area contributed by atoms with E-state index in [0.29, 0.717) is 36.3 Å². The third-order valence-electron chi connectivity index (χ3n) is 4.55. The molecule has 2 heterocycles. The smallest absolute Gasteiger partial charge is 0.417 e. The summed E-state index contributed by atoms with van der Waals surface area (Å²) in [5.41, 5.74) is 0.0447. The number of hydrogen-bond donors (Lipinski definition) is 1. The lowest BCUT2D eigenvalue weighted by Gasteiger charge is -2.11. The van der Waals surface area contributed by atoms with Crippen LogP contribution in [0.5, 0.6) is 17.4 Å². The Bertz CT molecular complexity index is 1030. The number of phenolic OH excluding ortho intramolecular Hbond substituents is 1. The van der Waals surface area contributed by atoms with Gasteiger partial charge in [0.25, 0.3) is 0 Å². The van der Waals surface area contributed by atoms with E-state index in [1.807, 2.05) is 0 Å². The summed E-state index contributed by atoms with van der Waals surface area (Å²) in [5, 5.41) is 14.4. The van der Waals surface area contributed by atoms with Gasteiger partial charge in [-0.3, -0.25) is 0 Å². The molecule has 1 atom stereocenters. The monoisotopic (exact) mass is 524 g/mol. The maximum Gasteiger partial charge on any atom is 0.417 e. The van der Waals surface area contributed by atoms with Crippen molar-refractivity contribution in [3.63, 3.8) is 0 Å². The number of oxime groups is 1. The van der Waals surface area contributed by atoms with Crippen LogP contribution in [-0.2, 0) is 11.0 Å². The van der Waals surface area contributed by atoms with Crippen LogP contribution in [0.2, 0.25) is 5.02 Å². The minimum atomic E-state index is -4.44. The highest BCUT2D eigenvalue weighted by Gasteiger charge is 2.30. The Labute approximate surface area is 202 Å². The molecule has 33 heavy (non-hydrogen) atoms. The van der Waals surface area contributed by atoms with E-state index < -0.39 is 11.7 Å². The van der Waals surface area contributed by atoms with Crippen molar-refractivity contribution in [2.75, 3.05) is 13.2 Å². The Morgan fingerprint density at radius 2 is 2.03 bits per heavy atom. The van der Waals surface area contributed by atoms with Crippen LogP contribution in [0.3, 0.4) is 0 Å². The Morgan fingerprint density at radius 3 is 2.70 bits per heavy atom.